The summed E-state index contributed by atoms with van der Waals surface area (Å²) in [4.78, 5) is 1.43. The smallest absolute Gasteiger partial charge is 0.0701 e. The fourth-order valence-electron chi connectivity index (χ4n) is 1.87. The van der Waals surface area contributed by atoms with Gasteiger partial charge in [0, 0.05) is 17.5 Å². The zero-order chi connectivity index (χ0) is 9.97. The molecule has 2 atom stereocenters. The topological polar surface area (TPSA) is 12.0 Å². The van der Waals surface area contributed by atoms with E-state index in [9.17, 15) is 0 Å². The largest absolute Gasteiger partial charge is 0.309 e. The molecule has 1 fully saturated rings. The van der Waals surface area contributed by atoms with Gasteiger partial charge in [-0.2, -0.15) is 0 Å². The molecule has 78 valence electrons. The highest BCUT2D eigenvalue weighted by Gasteiger charge is 2.35. The fourth-order valence-corrected chi connectivity index (χ4v) is 3.30. The monoisotopic (exact) mass is 273 g/mol. The van der Waals surface area contributed by atoms with E-state index in [4.69, 9.17) is 0 Å². The van der Waals surface area contributed by atoms with E-state index >= 15 is 0 Å². The maximum Gasteiger partial charge on any atom is 0.0701 e. The van der Waals surface area contributed by atoms with Crippen molar-refractivity contribution in [1.29, 1.82) is 0 Å². The summed E-state index contributed by atoms with van der Waals surface area (Å²) in [5.74, 6) is 0.961. The molecule has 1 aromatic rings. The lowest BCUT2D eigenvalue weighted by atomic mass is 10.2. The second-order valence-corrected chi connectivity index (χ2v) is 6.53. The van der Waals surface area contributed by atoms with Crippen LogP contribution in [0.25, 0.3) is 0 Å². The van der Waals surface area contributed by atoms with E-state index in [1.54, 1.807) is 0 Å². The molecule has 2 unspecified atom stereocenters. The minimum Gasteiger partial charge on any atom is -0.309 e. The summed E-state index contributed by atoms with van der Waals surface area (Å²) in [6.07, 6.45) is 4.11. The molecule has 2 rings (SSSR count). The summed E-state index contributed by atoms with van der Waals surface area (Å²) in [6, 6.07) is 5.12. The van der Waals surface area contributed by atoms with Crippen LogP contribution in [0.15, 0.2) is 15.9 Å². The third-order valence-electron chi connectivity index (χ3n) is 2.75. The van der Waals surface area contributed by atoms with Gasteiger partial charge in [-0.1, -0.05) is 13.3 Å². The summed E-state index contributed by atoms with van der Waals surface area (Å²) in [5.41, 5.74) is 0. The molecule has 3 heteroatoms. The summed E-state index contributed by atoms with van der Waals surface area (Å²) < 4.78 is 1.23. The molecular formula is C11H16BrNS. The standard InChI is InChI=1S/C11H16BrNS/c1-2-3-8-6-10(8)13-7-9-4-5-11(12)14-9/h4-5,8,10,13H,2-3,6-7H2,1H3. The lowest BCUT2D eigenvalue weighted by Crippen LogP contribution is -2.16. The number of hydrogen-bond donors (Lipinski definition) is 1. The van der Waals surface area contributed by atoms with Gasteiger partial charge in [-0.3, -0.25) is 0 Å². The first-order valence-electron chi connectivity index (χ1n) is 5.27. The Kier molecular flexibility index (Phi) is 3.63. The molecule has 0 bridgehead atoms. The van der Waals surface area contributed by atoms with Gasteiger partial charge in [0.25, 0.3) is 0 Å². The maximum absolute atomic E-state index is 3.61. The zero-order valence-corrected chi connectivity index (χ0v) is 10.8. The lowest BCUT2D eigenvalue weighted by Gasteiger charge is -2.00. The van der Waals surface area contributed by atoms with Crippen LogP contribution in [0.4, 0.5) is 0 Å². The quantitative estimate of drug-likeness (QED) is 0.861. The molecule has 14 heavy (non-hydrogen) atoms. The van der Waals surface area contributed by atoms with E-state index in [0.29, 0.717) is 0 Å². The second kappa shape index (κ2) is 4.77. The maximum atomic E-state index is 3.61. The first-order valence-corrected chi connectivity index (χ1v) is 6.88. The lowest BCUT2D eigenvalue weighted by molar-refractivity contribution is 0.602. The van der Waals surface area contributed by atoms with Crippen molar-refractivity contribution in [2.45, 2.75) is 38.8 Å². The molecular weight excluding hydrogens is 258 g/mol. The molecule has 0 spiro atoms. The van der Waals surface area contributed by atoms with Crippen LogP contribution in [0.2, 0.25) is 0 Å². The Labute approximate surface area is 98.0 Å². The molecule has 0 radical (unpaired) electrons. The normalized spacial score (nSPS) is 25.3. The molecule has 1 saturated carbocycles. The molecule has 1 N–H and O–H groups in total. The Morgan fingerprint density at radius 2 is 2.43 bits per heavy atom. The van der Waals surface area contributed by atoms with Crippen LogP contribution in [0, 0.1) is 5.92 Å². The van der Waals surface area contributed by atoms with E-state index in [2.05, 4.69) is 40.3 Å². The van der Waals surface area contributed by atoms with Crippen molar-refractivity contribution in [3.05, 3.63) is 20.8 Å². The number of rotatable bonds is 5. The van der Waals surface area contributed by atoms with Gasteiger partial charge in [-0.25, -0.2) is 0 Å². The minimum absolute atomic E-state index is 0.802. The Balaban J connectivity index is 1.69. The second-order valence-electron chi connectivity index (χ2n) is 3.98. The van der Waals surface area contributed by atoms with E-state index in [1.165, 1.54) is 27.9 Å². The van der Waals surface area contributed by atoms with Gasteiger partial charge in [-0.15, -0.1) is 11.3 Å². The summed E-state index contributed by atoms with van der Waals surface area (Å²) >= 11 is 5.31. The van der Waals surface area contributed by atoms with Gasteiger partial charge >= 0.3 is 0 Å². The van der Waals surface area contributed by atoms with E-state index in [1.807, 2.05) is 11.3 Å². The van der Waals surface area contributed by atoms with Crippen LogP contribution in [-0.4, -0.2) is 6.04 Å². The van der Waals surface area contributed by atoms with Crippen LogP contribution < -0.4 is 5.32 Å². The highest BCUT2D eigenvalue weighted by atomic mass is 79.9. The molecule has 0 aromatic carbocycles. The van der Waals surface area contributed by atoms with E-state index in [0.717, 1.165) is 18.5 Å². The van der Waals surface area contributed by atoms with Crippen LogP contribution in [0.1, 0.15) is 31.1 Å². The molecule has 0 aliphatic heterocycles. The van der Waals surface area contributed by atoms with Gasteiger partial charge in [-0.05, 0) is 46.8 Å². The van der Waals surface area contributed by atoms with Crippen LogP contribution in [-0.2, 0) is 6.54 Å². The van der Waals surface area contributed by atoms with Crippen molar-refractivity contribution >= 4 is 27.3 Å². The van der Waals surface area contributed by atoms with Crippen molar-refractivity contribution in [2.75, 3.05) is 0 Å². The Morgan fingerprint density at radius 3 is 3.07 bits per heavy atom. The van der Waals surface area contributed by atoms with E-state index in [-0.39, 0.29) is 0 Å². The van der Waals surface area contributed by atoms with Gasteiger partial charge < -0.3 is 5.32 Å². The summed E-state index contributed by atoms with van der Waals surface area (Å²) in [6.45, 7) is 3.31. The summed E-state index contributed by atoms with van der Waals surface area (Å²) in [5, 5.41) is 3.61. The average Bonchev–Trinajstić information content (AvgIpc) is 2.77. The fraction of sp³-hybridized carbons (Fsp3) is 0.636. The predicted octanol–water partition coefficient (Wildman–Crippen LogP) is 3.79. The van der Waals surface area contributed by atoms with Crippen molar-refractivity contribution in [3.8, 4) is 0 Å². The zero-order valence-electron chi connectivity index (χ0n) is 8.42. The average molecular weight is 274 g/mol. The SMILES string of the molecule is CCCC1CC1NCc1ccc(Br)s1. The molecule has 1 heterocycles. The highest BCUT2D eigenvalue weighted by molar-refractivity contribution is 9.11. The van der Waals surface area contributed by atoms with Crippen molar-refractivity contribution in [2.24, 2.45) is 5.92 Å². The van der Waals surface area contributed by atoms with Gasteiger partial charge in [0.2, 0.25) is 0 Å². The number of nitrogens with one attached hydrogen (secondary N) is 1. The molecule has 1 aliphatic carbocycles. The van der Waals surface area contributed by atoms with Crippen LogP contribution in [0.3, 0.4) is 0 Å². The number of halogens is 1. The minimum atomic E-state index is 0.802. The number of thiophene rings is 1. The summed E-state index contributed by atoms with van der Waals surface area (Å²) in [7, 11) is 0. The Hall–Kier alpha value is 0.140. The van der Waals surface area contributed by atoms with Crippen molar-refractivity contribution in [3.63, 3.8) is 0 Å². The van der Waals surface area contributed by atoms with Gasteiger partial charge in [0.05, 0.1) is 3.79 Å². The van der Waals surface area contributed by atoms with Crippen LogP contribution in [0.5, 0.6) is 0 Å². The third kappa shape index (κ3) is 2.81. The van der Waals surface area contributed by atoms with Crippen LogP contribution >= 0.6 is 27.3 Å². The van der Waals surface area contributed by atoms with Gasteiger partial charge in [0.15, 0.2) is 0 Å². The molecule has 0 saturated heterocycles. The Bertz CT molecular complexity index is 297. The van der Waals surface area contributed by atoms with E-state index < -0.39 is 0 Å². The molecule has 1 aromatic heterocycles. The van der Waals surface area contributed by atoms with Crippen molar-refractivity contribution < 1.29 is 0 Å². The number of hydrogen-bond acceptors (Lipinski definition) is 2. The Morgan fingerprint density at radius 1 is 1.57 bits per heavy atom. The molecule has 1 nitrogen and oxygen atoms in total. The predicted molar refractivity (Wildman–Crippen MR) is 65.7 cm³/mol. The first kappa shape index (κ1) is 10.7. The molecule has 0 amide bonds. The third-order valence-corrected chi connectivity index (χ3v) is 4.37. The highest BCUT2D eigenvalue weighted by Crippen LogP contribution is 2.35. The van der Waals surface area contributed by atoms with Crippen molar-refractivity contribution in [1.82, 2.24) is 5.32 Å². The first-order chi connectivity index (χ1) is 6.79. The molecule has 1 aliphatic rings. The van der Waals surface area contributed by atoms with Gasteiger partial charge in [0.1, 0.15) is 0 Å².